The molecule has 0 saturated carbocycles. The number of carbonyl (C=O) groups is 1. The van der Waals surface area contributed by atoms with E-state index in [0.29, 0.717) is 23.8 Å². The second-order valence-corrected chi connectivity index (χ2v) is 5.69. The lowest BCUT2D eigenvalue weighted by atomic mass is 9.90. The topological polar surface area (TPSA) is 67.3 Å². The van der Waals surface area contributed by atoms with Gasteiger partial charge in [-0.15, -0.1) is 0 Å². The van der Waals surface area contributed by atoms with Crippen molar-refractivity contribution in [2.75, 3.05) is 31.6 Å². The number of rotatable bonds is 4. The predicted octanol–water partition coefficient (Wildman–Crippen LogP) is 1.54. The smallest absolute Gasteiger partial charge is 0.341 e. The first-order chi connectivity index (χ1) is 9.99. The van der Waals surface area contributed by atoms with Crippen LogP contribution < -0.4 is 10.2 Å². The van der Waals surface area contributed by atoms with Crippen molar-refractivity contribution in [3.8, 4) is 0 Å². The second kappa shape index (κ2) is 6.39. The molecule has 116 valence electrons. The summed E-state index contributed by atoms with van der Waals surface area (Å²) in [5.41, 5.74) is 1.30. The van der Waals surface area contributed by atoms with Gasteiger partial charge in [-0.05, 0) is 40.7 Å². The van der Waals surface area contributed by atoms with E-state index in [2.05, 4.69) is 27.1 Å². The highest BCUT2D eigenvalue weighted by molar-refractivity contribution is 5.90. The molecule has 0 spiro atoms. The van der Waals surface area contributed by atoms with Gasteiger partial charge in [-0.3, -0.25) is 0 Å². The third-order valence-electron chi connectivity index (χ3n) is 4.22. The molecule has 1 aromatic rings. The molecule has 0 radical (unpaired) electrons. The standard InChI is InChI=1S/C15H24N4O2/c1-5-21-13(20)12-10-17-14(18-11(12)2)19-8-6-15(3,16-4)7-9-19/h10,16H,5-9H2,1-4H3. The van der Waals surface area contributed by atoms with Gasteiger partial charge >= 0.3 is 5.97 Å². The largest absolute Gasteiger partial charge is 0.462 e. The van der Waals surface area contributed by atoms with Gasteiger partial charge < -0.3 is 15.0 Å². The van der Waals surface area contributed by atoms with Crippen LogP contribution in [0.15, 0.2) is 6.20 Å². The van der Waals surface area contributed by atoms with E-state index in [-0.39, 0.29) is 11.5 Å². The minimum atomic E-state index is -0.358. The van der Waals surface area contributed by atoms with E-state index in [1.807, 2.05) is 14.0 Å². The van der Waals surface area contributed by atoms with Gasteiger partial charge in [-0.25, -0.2) is 14.8 Å². The minimum Gasteiger partial charge on any atom is -0.462 e. The molecule has 1 N–H and O–H groups in total. The maximum absolute atomic E-state index is 11.8. The van der Waals surface area contributed by atoms with Crippen molar-refractivity contribution in [3.05, 3.63) is 17.5 Å². The molecule has 0 amide bonds. The maximum atomic E-state index is 11.8. The second-order valence-electron chi connectivity index (χ2n) is 5.69. The maximum Gasteiger partial charge on any atom is 0.341 e. The number of carbonyl (C=O) groups excluding carboxylic acids is 1. The molecule has 6 heteroatoms. The van der Waals surface area contributed by atoms with Crippen LogP contribution in [0.4, 0.5) is 5.95 Å². The van der Waals surface area contributed by atoms with Crippen molar-refractivity contribution in [3.63, 3.8) is 0 Å². The van der Waals surface area contributed by atoms with Gasteiger partial charge in [0, 0.05) is 24.8 Å². The summed E-state index contributed by atoms with van der Waals surface area (Å²) in [4.78, 5) is 22.7. The van der Waals surface area contributed by atoms with Gasteiger partial charge in [-0.2, -0.15) is 0 Å². The summed E-state index contributed by atoms with van der Waals surface area (Å²) in [6.45, 7) is 8.02. The van der Waals surface area contributed by atoms with Crippen molar-refractivity contribution >= 4 is 11.9 Å². The molecular formula is C15H24N4O2. The number of anilines is 1. The first-order valence-corrected chi connectivity index (χ1v) is 7.43. The van der Waals surface area contributed by atoms with Gasteiger partial charge in [0.2, 0.25) is 5.95 Å². The van der Waals surface area contributed by atoms with Crippen molar-refractivity contribution in [2.24, 2.45) is 0 Å². The van der Waals surface area contributed by atoms with E-state index in [0.717, 1.165) is 25.9 Å². The summed E-state index contributed by atoms with van der Waals surface area (Å²) in [5.74, 6) is 0.335. The average molecular weight is 292 g/mol. The number of esters is 1. The summed E-state index contributed by atoms with van der Waals surface area (Å²) in [6.07, 6.45) is 3.67. The van der Waals surface area contributed by atoms with Crippen LogP contribution in [0.3, 0.4) is 0 Å². The van der Waals surface area contributed by atoms with Crippen LogP contribution >= 0.6 is 0 Å². The van der Waals surface area contributed by atoms with Gasteiger partial charge in [-0.1, -0.05) is 0 Å². The molecular weight excluding hydrogens is 268 g/mol. The first-order valence-electron chi connectivity index (χ1n) is 7.43. The Kier molecular flexibility index (Phi) is 4.77. The third kappa shape index (κ3) is 3.50. The number of nitrogens with one attached hydrogen (secondary N) is 1. The molecule has 2 rings (SSSR count). The third-order valence-corrected chi connectivity index (χ3v) is 4.22. The summed E-state index contributed by atoms with van der Waals surface area (Å²) >= 11 is 0. The van der Waals surface area contributed by atoms with E-state index < -0.39 is 0 Å². The minimum absolute atomic E-state index is 0.191. The SMILES string of the molecule is CCOC(=O)c1cnc(N2CCC(C)(NC)CC2)nc1C. The average Bonchev–Trinajstić information content (AvgIpc) is 2.48. The molecule has 1 saturated heterocycles. The molecule has 0 unspecified atom stereocenters. The molecule has 1 aromatic heterocycles. The Morgan fingerprint density at radius 1 is 1.48 bits per heavy atom. The normalized spacial score (nSPS) is 17.6. The Labute approximate surface area is 125 Å². The van der Waals surface area contributed by atoms with Gasteiger partial charge in [0.1, 0.15) is 0 Å². The van der Waals surface area contributed by atoms with Crippen molar-refractivity contribution in [1.29, 1.82) is 0 Å². The number of hydrogen-bond acceptors (Lipinski definition) is 6. The summed E-state index contributed by atoms with van der Waals surface area (Å²) < 4.78 is 5.00. The molecule has 1 aliphatic rings. The zero-order valence-electron chi connectivity index (χ0n) is 13.3. The van der Waals surface area contributed by atoms with Crippen LogP contribution in [-0.4, -0.2) is 48.2 Å². The number of piperidine rings is 1. The van der Waals surface area contributed by atoms with Crippen LogP contribution in [0, 0.1) is 6.92 Å². The first kappa shape index (κ1) is 15.7. The lowest BCUT2D eigenvalue weighted by Gasteiger charge is -2.39. The number of nitrogens with zero attached hydrogens (tertiary/aromatic N) is 3. The summed E-state index contributed by atoms with van der Waals surface area (Å²) in [7, 11) is 2.00. The number of aromatic nitrogens is 2. The molecule has 0 atom stereocenters. The van der Waals surface area contributed by atoms with Crippen LogP contribution in [0.25, 0.3) is 0 Å². The lowest BCUT2D eigenvalue weighted by Crippen LogP contribution is -2.50. The lowest BCUT2D eigenvalue weighted by molar-refractivity contribution is 0.0524. The highest BCUT2D eigenvalue weighted by atomic mass is 16.5. The predicted molar refractivity (Wildman–Crippen MR) is 81.6 cm³/mol. The van der Waals surface area contributed by atoms with E-state index in [4.69, 9.17) is 4.74 Å². The fourth-order valence-corrected chi connectivity index (χ4v) is 2.47. The molecule has 0 bridgehead atoms. The van der Waals surface area contributed by atoms with Crippen LogP contribution in [0.5, 0.6) is 0 Å². The van der Waals surface area contributed by atoms with Crippen molar-refractivity contribution in [1.82, 2.24) is 15.3 Å². The highest BCUT2D eigenvalue weighted by Crippen LogP contribution is 2.24. The monoisotopic (exact) mass is 292 g/mol. The summed E-state index contributed by atoms with van der Waals surface area (Å²) in [5, 5.41) is 3.37. The zero-order chi connectivity index (χ0) is 15.5. The number of ether oxygens (including phenoxy) is 1. The molecule has 2 heterocycles. The molecule has 21 heavy (non-hydrogen) atoms. The fourth-order valence-electron chi connectivity index (χ4n) is 2.47. The molecule has 0 aromatic carbocycles. The quantitative estimate of drug-likeness (QED) is 0.849. The van der Waals surface area contributed by atoms with Gasteiger partial charge in [0.15, 0.2) is 0 Å². The Morgan fingerprint density at radius 3 is 2.67 bits per heavy atom. The Morgan fingerprint density at radius 2 is 2.14 bits per heavy atom. The molecule has 6 nitrogen and oxygen atoms in total. The summed E-state index contributed by atoms with van der Waals surface area (Å²) in [6, 6.07) is 0. The zero-order valence-corrected chi connectivity index (χ0v) is 13.3. The highest BCUT2D eigenvalue weighted by Gasteiger charge is 2.29. The molecule has 1 fully saturated rings. The molecule has 0 aliphatic carbocycles. The van der Waals surface area contributed by atoms with Crippen LogP contribution in [0.1, 0.15) is 42.7 Å². The Balaban J connectivity index is 2.09. The number of aryl methyl sites for hydroxylation is 1. The Hall–Kier alpha value is -1.69. The van der Waals surface area contributed by atoms with Crippen molar-refractivity contribution in [2.45, 2.75) is 39.2 Å². The van der Waals surface area contributed by atoms with Gasteiger partial charge in [0.05, 0.1) is 17.9 Å². The van der Waals surface area contributed by atoms with E-state index in [1.54, 1.807) is 13.1 Å². The Bertz CT molecular complexity index is 510. The van der Waals surface area contributed by atoms with E-state index >= 15 is 0 Å². The van der Waals surface area contributed by atoms with E-state index in [9.17, 15) is 4.79 Å². The van der Waals surface area contributed by atoms with Gasteiger partial charge in [0.25, 0.3) is 0 Å². The molecule has 1 aliphatic heterocycles. The van der Waals surface area contributed by atoms with E-state index in [1.165, 1.54) is 0 Å². The number of hydrogen-bond donors (Lipinski definition) is 1. The van der Waals surface area contributed by atoms with Crippen LogP contribution in [0.2, 0.25) is 0 Å². The van der Waals surface area contributed by atoms with Crippen LogP contribution in [-0.2, 0) is 4.74 Å². The van der Waals surface area contributed by atoms with Crippen molar-refractivity contribution < 1.29 is 9.53 Å². The fraction of sp³-hybridized carbons (Fsp3) is 0.667.